The largest absolute Gasteiger partial charge is 0.492 e. The van der Waals surface area contributed by atoms with Gasteiger partial charge in [0, 0.05) is 6.07 Å². The fourth-order valence-corrected chi connectivity index (χ4v) is 0.991. The molecule has 74 valence electrons. The number of nitrogens with one attached hydrogen (secondary N) is 3. The molecule has 0 radical (unpaired) electrons. The molecule has 0 fully saturated rings. The summed E-state index contributed by atoms with van der Waals surface area (Å²) in [6.45, 7) is 0.469. The number of aromatic amines is 1. The van der Waals surface area contributed by atoms with Gasteiger partial charge in [-0.2, -0.15) is 5.10 Å². The SMILES string of the molecule is O=C(NC[C@H]1C=CO1)Nc1ccn[nH]1. The van der Waals surface area contributed by atoms with Gasteiger partial charge in [-0.05, 0) is 6.08 Å². The van der Waals surface area contributed by atoms with Gasteiger partial charge in [-0.1, -0.05) is 0 Å². The van der Waals surface area contributed by atoms with Gasteiger partial charge in [-0.15, -0.1) is 0 Å². The molecular formula is C8H10N4O2. The molecule has 1 atom stereocenters. The van der Waals surface area contributed by atoms with Crippen LogP contribution in [0.5, 0.6) is 0 Å². The van der Waals surface area contributed by atoms with Gasteiger partial charge < -0.3 is 10.1 Å². The van der Waals surface area contributed by atoms with E-state index in [1.807, 2.05) is 6.08 Å². The van der Waals surface area contributed by atoms with Crippen LogP contribution in [0.3, 0.4) is 0 Å². The Balaban J connectivity index is 1.70. The van der Waals surface area contributed by atoms with Crippen molar-refractivity contribution in [2.75, 3.05) is 11.9 Å². The van der Waals surface area contributed by atoms with Crippen molar-refractivity contribution in [1.29, 1.82) is 0 Å². The van der Waals surface area contributed by atoms with E-state index >= 15 is 0 Å². The van der Waals surface area contributed by atoms with Crippen molar-refractivity contribution in [3.8, 4) is 0 Å². The quantitative estimate of drug-likeness (QED) is 0.653. The number of urea groups is 1. The summed E-state index contributed by atoms with van der Waals surface area (Å²) in [5.41, 5.74) is 0. The molecule has 1 aromatic rings. The van der Waals surface area contributed by atoms with E-state index in [9.17, 15) is 4.79 Å². The summed E-state index contributed by atoms with van der Waals surface area (Å²) in [5.74, 6) is 0.563. The van der Waals surface area contributed by atoms with E-state index in [2.05, 4.69) is 20.8 Å². The van der Waals surface area contributed by atoms with Crippen LogP contribution in [0.15, 0.2) is 24.6 Å². The molecule has 3 N–H and O–H groups in total. The molecule has 0 aliphatic carbocycles. The Labute approximate surface area is 80.3 Å². The van der Waals surface area contributed by atoms with E-state index in [-0.39, 0.29) is 12.1 Å². The summed E-state index contributed by atoms with van der Waals surface area (Å²) in [5, 5.41) is 11.5. The number of amides is 2. The Morgan fingerprint density at radius 1 is 1.71 bits per heavy atom. The predicted octanol–water partition coefficient (Wildman–Crippen LogP) is 0.444. The van der Waals surface area contributed by atoms with Crippen LogP contribution < -0.4 is 10.6 Å². The number of nitrogens with zero attached hydrogens (tertiary/aromatic N) is 1. The van der Waals surface area contributed by atoms with Gasteiger partial charge in [0.1, 0.15) is 11.9 Å². The van der Waals surface area contributed by atoms with Crippen molar-refractivity contribution in [2.24, 2.45) is 0 Å². The molecule has 0 unspecified atom stereocenters. The summed E-state index contributed by atoms with van der Waals surface area (Å²) < 4.78 is 4.97. The van der Waals surface area contributed by atoms with E-state index in [1.54, 1.807) is 18.5 Å². The summed E-state index contributed by atoms with van der Waals surface area (Å²) >= 11 is 0. The molecular weight excluding hydrogens is 184 g/mol. The lowest BCUT2D eigenvalue weighted by Gasteiger charge is -2.19. The standard InChI is InChI=1S/C8H10N4O2/c13-8(9-5-6-2-4-14-6)11-7-1-3-10-12-7/h1-4,6H,5H2,(H3,9,10,11,12,13)/t6-/m1/s1. The topological polar surface area (TPSA) is 79.0 Å². The zero-order valence-electron chi connectivity index (χ0n) is 7.36. The van der Waals surface area contributed by atoms with Crippen molar-refractivity contribution in [3.63, 3.8) is 0 Å². The van der Waals surface area contributed by atoms with Gasteiger partial charge in [0.05, 0.1) is 19.0 Å². The minimum atomic E-state index is -0.279. The Kier molecular flexibility index (Phi) is 2.35. The summed E-state index contributed by atoms with van der Waals surface area (Å²) in [6.07, 6.45) is 5.03. The molecule has 1 aliphatic rings. The number of H-pyrrole nitrogens is 1. The second-order valence-electron chi connectivity index (χ2n) is 2.81. The van der Waals surface area contributed by atoms with Crippen molar-refractivity contribution in [3.05, 3.63) is 24.6 Å². The third kappa shape index (κ3) is 2.03. The highest BCUT2D eigenvalue weighted by molar-refractivity contribution is 5.88. The van der Waals surface area contributed by atoms with Crippen molar-refractivity contribution < 1.29 is 9.53 Å². The summed E-state index contributed by atoms with van der Waals surface area (Å²) in [7, 11) is 0. The molecule has 2 heterocycles. The molecule has 0 aromatic carbocycles. The van der Waals surface area contributed by atoms with E-state index in [1.165, 1.54) is 0 Å². The van der Waals surface area contributed by atoms with Gasteiger partial charge in [-0.3, -0.25) is 10.4 Å². The molecule has 2 amide bonds. The number of aromatic nitrogens is 2. The van der Waals surface area contributed by atoms with Crippen molar-refractivity contribution >= 4 is 11.8 Å². The van der Waals surface area contributed by atoms with Crippen molar-refractivity contribution in [1.82, 2.24) is 15.5 Å². The zero-order valence-corrected chi connectivity index (χ0v) is 7.36. The number of carbonyl (C=O) groups excluding carboxylic acids is 1. The van der Waals surface area contributed by atoms with Crippen LogP contribution in [-0.4, -0.2) is 28.9 Å². The van der Waals surface area contributed by atoms with Crippen LogP contribution in [0.1, 0.15) is 0 Å². The summed E-state index contributed by atoms with van der Waals surface area (Å²) in [4.78, 5) is 11.2. The van der Waals surface area contributed by atoms with Crippen LogP contribution in [0.4, 0.5) is 10.6 Å². The van der Waals surface area contributed by atoms with Gasteiger partial charge >= 0.3 is 6.03 Å². The maximum Gasteiger partial charge on any atom is 0.320 e. The second kappa shape index (κ2) is 3.82. The molecule has 0 saturated heterocycles. The normalized spacial score (nSPS) is 18.1. The third-order valence-corrected chi connectivity index (χ3v) is 1.76. The fraction of sp³-hybridized carbons (Fsp3) is 0.250. The van der Waals surface area contributed by atoms with Gasteiger partial charge in [-0.25, -0.2) is 4.79 Å². The maximum absolute atomic E-state index is 11.2. The minimum absolute atomic E-state index is 0.00233. The zero-order chi connectivity index (χ0) is 9.80. The Morgan fingerprint density at radius 2 is 2.57 bits per heavy atom. The monoisotopic (exact) mass is 194 g/mol. The molecule has 0 saturated carbocycles. The van der Waals surface area contributed by atoms with Crippen LogP contribution >= 0.6 is 0 Å². The first kappa shape index (κ1) is 8.61. The average molecular weight is 194 g/mol. The minimum Gasteiger partial charge on any atom is -0.492 e. The van der Waals surface area contributed by atoms with Crippen LogP contribution in [0.25, 0.3) is 0 Å². The highest BCUT2D eigenvalue weighted by Crippen LogP contribution is 2.04. The maximum atomic E-state index is 11.2. The second-order valence-corrected chi connectivity index (χ2v) is 2.81. The summed E-state index contributed by atoms with van der Waals surface area (Å²) in [6, 6.07) is 1.39. The number of hydrogen-bond donors (Lipinski definition) is 3. The first-order valence-corrected chi connectivity index (χ1v) is 4.21. The van der Waals surface area contributed by atoms with Crippen LogP contribution in [-0.2, 0) is 4.74 Å². The molecule has 0 spiro atoms. The lowest BCUT2D eigenvalue weighted by Crippen LogP contribution is -2.37. The molecule has 6 heteroatoms. The Bertz CT molecular complexity index is 333. The molecule has 0 bridgehead atoms. The molecule has 14 heavy (non-hydrogen) atoms. The molecule has 1 aliphatic heterocycles. The van der Waals surface area contributed by atoms with Crippen LogP contribution in [0, 0.1) is 0 Å². The fourth-order valence-electron chi connectivity index (χ4n) is 0.991. The number of rotatable bonds is 3. The third-order valence-electron chi connectivity index (χ3n) is 1.76. The van der Waals surface area contributed by atoms with E-state index in [4.69, 9.17) is 4.74 Å². The first-order chi connectivity index (χ1) is 6.84. The highest BCUT2D eigenvalue weighted by atomic mass is 16.5. The van der Waals surface area contributed by atoms with E-state index in [0.29, 0.717) is 12.4 Å². The number of carbonyl (C=O) groups is 1. The van der Waals surface area contributed by atoms with Gasteiger partial charge in [0.15, 0.2) is 0 Å². The highest BCUT2D eigenvalue weighted by Gasteiger charge is 2.12. The molecule has 6 nitrogen and oxygen atoms in total. The molecule has 2 rings (SSSR count). The molecule has 1 aromatic heterocycles. The Morgan fingerprint density at radius 3 is 3.14 bits per heavy atom. The van der Waals surface area contributed by atoms with Crippen LogP contribution in [0.2, 0.25) is 0 Å². The van der Waals surface area contributed by atoms with Gasteiger partial charge in [0.25, 0.3) is 0 Å². The average Bonchev–Trinajstić information content (AvgIpc) is 2.54. The lowest BCUT2D eigenvalue weighted by atomic mass is 10.3. The Hall–Kier alpha value is -1.98. The first-order valence-electron chi connectivity index (χ1n) is 4.21. The number of hydrogen-bond acceptors (Lipinski definition) is 3. The van der Waals surface area contributed by atoms with E-state index in [0.717, 1.165) is 0 Å². The van der Waals surface area contributed by atoms with E-state index < -0.39 is 0 Å². The lowest BCUT2D eigenvalue weighted by molar-refractivity contribution is 0.139. The number of anilines is 1. The number of ether oxygens (including phenoxy) is 1. The van der Waals surface area contributed by atoms with Crippen molar-refractivity contribution in [2.45, 2.75) is 6.10 Å². The van der Waals surface area contributed by atoms with Gasteiger partial charge in [0.2, 0.25) is 0 Å². The predicted molar refractivity (Wildman–Crippen MR) is 49.6 cm³/mol. The smallest absolute Gasteiger partial charge is 0.320 e.